The summed E-state index contributed by atoms with van der Waals surface area (Å²) in [6.45, 7) is 6.10. The molecule has 1 amide bonds. The number of carbonyl (C=O) groups is 1. The molecule has 2 aromatic rings. The molecule has 1 aromatic heterocycles. The van der Waals surface area contributed by atoms with Gasteiger partial charge in [-0.1, -0.05) is 19.3 Å². The summed E-state index contributed by atoms with van der Waals surface area (Å²) < 4.78 is 13.0. The van der Waals surface area contributed by atoms with Crippen LogP contribution < -0.4 is 14.8 Å². The number of anilines is 1. The monoisotopic (exact) mass is 370 g/mol. The Morgan fingerprint density at radius 1 is 1.00 bits per heavy atom. The van der Waals surface area contributed by atoms with Gasteiger partial charge < -0.3 is 19.4 Å². The number of ether oxygens (including phenoxy) is 2. The Balaban J connectivity index is 1.87. The number of hydrogen-bond donors (Lipinski definition) is 1. The van der Waals surface area contributed by atoms with E-state index in [4.69, 9.17) is 9.47 Å². The molecule has 1 N–H and O–H groups in total. The number of aromatic nitrogens is 1. The van der Waals surface area contributed by atoms with Gasteiger partial charge in [-0.15, -0.1) is 0 Å². The SMILES string of the molecule is COc1cc(C)c(NC(=O)c2cc(C)n(C3CCCCC3)c2C)cc1OC. The standard InChI is InChI=1S/C22H30N2O3/c1-14-11-20(26-4)21(27-5)13-19(14)23-22(25)18-12-15(2)24(16(18)3)17-9-7-6-8-10-17/h11-13,17H,6-10H2,1-5H3,(H,23,25). The van der Waals surface area contributed by atoms with Crippen LogP contribution in [0.4, 0.5) is 5.69 Å². The predicted octanol–water partition coefficient (Wildman–Crippen LogP) is 5.19. The van der Waals surface area contributed by atoms with Crippen molar-refractivity contribution in [2.45, 2.75) is 58.9 Å². The minimum atomic E-state index is -0.0829. The molecule has 0 aliphatic heterocycles. The number of nitrogens with zero attached hydrogens (tertiary/aromatic N) is 1. The second kappa shape index (κ2) is 8.07. The molecule has 0 saturated heterocycles. The average molecular weight is 370 g/mol. The number of methoxy groups -OCH3 is 2. The topological polar surface area (TPSA) is 52.5 Å². The van der Waals surface area contributed by atoms with Crippen molar-refractivity contribution < 1.29 is 14.3 Å². The molecule has 5 nitrogen and oxygen atoms in total. The van der Waals surface area contributed by atoms with Crippen LogP contribution in [0.2, 0.25) is 0 Å². The van der Waals surface area contributed by atoms with Gasteiger partial charge in [-0.3, -0.25) is 4.79 Å². The Kier molecular flexibility index (Phi) is 5.78. The van der Waals surface area contributed by atoms with Crippen LogP contribution in [0.5, 0.6) is 11.5 Å². The van der Waals surface area contributed by atoms with Gasteiger partial charge in [0, 0.05) is 29.2 Å². The first kappa shape index (κ1) is 19.3. The maximum Gasteiger partial charge on any atom is 0.257 e. The molecule has 0 unspecified atom stereocenters. The highest BCUT2D eigenvalue weighted by Gasteiger charge is 2.23. The smallest absolute Gasteiger partial charge is 0.257 e. The van der Waals surface area contributed by atoms with Crippen molar-refractivity contribution >= 4 is 11.6 Å². The fourth-order valence-corrected chi connectivity index (χ4v) is 4.21. The van der Waals surface area contributed by atoms with Gasteiger partial charge in [0.1, 0.15) is 0 Å². The molecule has 1 aromatic carbocycles. The fraction of sp³-hybridized carbons (Fsp3) is 0.500. The average Bonchev–Trinajstić information content (AvgIpc) is 2.97. The van der Waals surface area contributed by atoms with Gasteiger partial charge >= 0.3 is 0 Å². The first-order valence-electron chi connectivity index (χ1n) is 9.68. The predicted molar refractivity (Wildman–Crippen MR) is 108 cm³/mol. The lowest BCUT2D eigenvalue weighted by atomic mass is 9.95. The van der Waals surface area contributed by atoms with Crippen LogP contribution in [0, 0.1) is 20.8 Å². The Hall–Kier alpha value is -2.43. The van der Waals surface area contributed by atoms with Crippen LogP contribution in [0.3, 0.4) is 0 Å². The molecule has 5 heteroatoms. The van der Waals surface area contributed by atoms with E-state index < -0.39 is 0 Å². The summed E-state index contributed by atoms with van der Waals surface area (Å²) in [6.07, 6.45) is 6.27. The van der Waals surface area contributed by atoms with E-state index in [1.54, 1.807) is 14.2 Å². The van der Waals surface area contributed by atoms with Crippen molar-refractivity contribution in [1.29, 1.82) is 0 Å². The molecule has 0 spiro atoms. The third kappa shape index (κ3) is 3.82. The maximum absolute atomic E-state index is 13.0. The van der Waals surface area contributed by atoms with Gasteiger partial charge in [0.2, 0.25) is 0 Å². The van der Waals surface area contributed by atoms with Crippen LogP contribution in [0.1, 0.15) is 65.5 Å². The van der Waals surface area contributed by atoms with E-state index in [2.05, 4.69) is 23.7 Å². The zero-order valence-corrected chi connectivity index (χ0v) is 17.0. The zero-order chi connectivity index (χ0) is 19.6. The molecular weight excluding hydrogens is 340 g/mol. The number of aryl methyl sites for hydroxylation is 2. The minimum Gasteiger partial charge on any atom is -0.493 e. The van der Waals surface area contributed by atoms with Crippen molar-refractivity contribution in [2.75, 3.05) is 19.5 Å². The van der Waals surface area contributed by atoms with E-state index >= 15 is 0 Å². The minimum absolute atomic E-state index is 0.0829. The Labute approximate surface area is 161 Å². The normalized spacial score (nSPS) is 14.9. The van der Waals surface area contributed by atoms with Crippen molar-refractivity contribution in [1.82, 2.24) is 4.57 Å². The molecule has 1 aliphatic carbocycles. The summed E-state index contributed by atoms with van der Waals surface area (Å²) in [5, 5.41) is 3.05. The number of hydrogen-bond acceptors (Lipinski definition) is 3. The summed E-state index contributed by atoms with van der Waals surface area (Å²) >= 11 is 0. The van der Waals surface area contributed by atoms with E-state index in [-0.39, 0.29) is 5.91 Å². The largest absolute Gasteiger partial charge is 0.493 e. The van der Waals surface area contributed by atoms with Crippen LogP contribution in [-0.4, -0.2) is 24.7 Å². The van der Waals surface area contributed by atoms with E-state index in [1.807, 2.05) is 25.1 Å². The van der Waals surface area contributed by atoms with Crippen molar-refractivity contribution in [3.63, 3.8) is 0 Å². The van der Waals surface area contributed by atoms with Crippen LogP contribution in [-0.2, 0) is 0 Å². The molecular formula is C22H30N2O3. The van der Waals surface area contributed by atoms with Crippen LogP contribution in [0.15, 0.2) is 18.2 Å². The lowest BCUT2D eigenvalue weighted by Gasteiger charge is -2.26. The van der Waals surface area contributed by atoms with Crippen molar-refractivity contribution in [3.8, 4) is 11.5 Å². The fourth-order valence-electron chi connectivity index (χ4n) is 4.21. The Bertz CT molecular complexity index is 833. The molecule has 27 heavy (non-hydrogen) atoms. The highest BCUT2D eigenvalue weighted by molar-refractivity contribution is 6.05. The third-order valence-corrected chi connectivity index (χ3v) is 5.65. The molecule has 1 heterocycles. The van der Waals surface area contributed by atoms with Gasteiger partial charge in [0.05, 0.1) is 19.8 Å². The zero-order valence-electron chi connectivity index (χ0n) is 17.0. The number of benzene rings is 1. The maximum atomic E-state index is 13.0. The summed E-state index contributed by atoms with van der Waals surface area (Å²) in [4.78, 5) is 13.0. The second-order valence-corrected chi connectivity index (χ2v) is 7.42. The van der Waals surface area contributed by atoms with Gasteiger partial charge in [0.15, 0.2) is 11.5 Å². The second-order valence-electron chi connectivity index (χ2n) is 7.42. The molecule has 0 atom stereocenters. The van der Waals surface area contributed by atoms with Crippen molar-refractivity contribution in [3.05, 3.63) is 40.7 Å². The Morgan fingerprint density at radius 3 is 2.26 bits per heavy atom. The van der Waals surface area contributed by atoms with Crippen LogP contribution >= 0.6 is 0 Å². The quantitative estimate of drug-likeness (QED) is 0.788. The first-order chi connectivity index (χ1) is 13.0. The van der Waals surface area contributed by atoms with E-state index in [0.29, 0.717) is 17.5 Å². The third-order valence-electron chi connectivity index (χ3n) is 5.65. The molecule has 1 aliphatic rings. The van der Waals surface area contributed by atoms with E-state index in [9.17, 15) is 4.79 Å². The number of nitrogens with one attached hydrogen (secondary N) is 1. The highest BCUT2D eigenvalue weighted by Crippen LogP contribution is 2.34. The summed E-state index contributed by atoms with van der Waals surface area (Å²) in [7, 11) is 3.20. The number of rotatable bonds is 5. The van der Waals surface area contributed by atoms with Gasteiger partial charge in [-0.25, -0.2) is 0 Å². The van der Waals surface area contributed by atoms with Crippen LogP contribution in [0.25, 0.3) is 0 Å². The number of amides is 1. The van der Waals surface area contributed by atoms with E-state index in [1.165, 1.54) is 32.1 Å². The summed E-state index contributed by atoms with van der Waals surface area (Å²) in [5.41, 5.74) is 4.62. The van der Waals surface area contributed by atoms with Crippen molar-refractivity contribution in [2.24, 2.45) is 0 Å². The summed E-state index contributed by atoms with van der Waals surface area (Å²) in [5.74, 6) is 1.18. The molecule has 0 radical (unpaired) electrons. The summed E-state index contributed by atoms with van der Waals surface area (Å²) in [6, 6.07) is 6.21. The number of carbonyl (C=O) groups excluding carboxylic acids is 1. The lowest BCUT2D eigenvalue weighted by Crippen LogP contribution is -2.17. The molecule has 3 rings (SSSR count). The Morgan fingerprint density at radius 2 is 1.63 bits per heavy atom. The molecule has 0 bridgehead atoms. The van der Waals surface area contributed by atoms with Gasteiger partial charge in [0.25, 0.3) is 5.91 Å². The van der Waals surface area contributed by atoms with Gasteiger partial charge in [-0.05, 0) is 51.3 Å². The molecule has 1 fully saturated rings. The first-order valence-corrected chi connectivity index (χ1v) is 9.68. The lowest BCUT2D eigenvalue weighted by molar-refractivity contribution is 0.102. The molecule has 1 saturated carbocycles. The molecule has 146 valence electrons. The highest BCUT2D eigenvalue weighted by atomic mass is 16.5. The van der Waals surface area contributed by atoms with Gasteiger partial charge in [-0.2, -0.15) is 0 Å². The van der Waals surface area contributed by atoms with E-state index in [0.717, 1.165) is 28.2 Å².